The molecule has 27 heavy (non-hydrogen) atoms. The number of carbonyl (C=O) groups is 1. The van der Waals surface area contributed by atoms with Crippen molar-refractivity contribution in [3.63, 3.8) is 0 Å². The number of hydrogen-bond acceptors (Lipinski definition) is 7. The van der Waals surface area contributed by atoms with Gasteiger partial charge in [-0.25, -0.2) is 9.97 Å². The number of aryl methyl sites for hydroxylation is 1. The number of ketones is 1. The van der Waals surface area contributed by atoms with Crippen molar-refractivity contribution in [3.05, 3.63) is 56.7 Å². The average molecular weight is 399 g/mol. The SMILES string of the molecule is CC1CCc2c(sc3ncnc(SCC(=O)c4cccc([N+](=O)[O-])c4)c23)C1. The molecular formula is C19H17N3O3S2. The number of carbonyl (C=O) groups excluding carboxylic acids is 1. The monoisotopic (exact) mass is 399 g/mol. The maximum Gasteiger partial charge on any atom is 0.270 e. The fourth-order valence-corrected chi connectivity index (χ4v) is 5.70. The lowest BCUT2D eigenvalue weighted by Crippen LogP contribution is -2.09. The van der Waals surface area contributed by atoms with Gasteiger partial charge in [0.2, 0.25) is 0 Å². The summed E-state index contributed by atoms with van der Waals surface area (Å²) in [6.45, 7) is 2.27. The van der Waals surface area contributed by atoms with E-state index in [1.165, 1.54) is 40.4 Å². The molecule has 6 nitrogen and oxygen atoms in total. The quantitative estimate of drug-likeness (QED) is 0.203. The average Bonchev–Trinajstić information content (AvgIpc) is 3.04. The second-order valence-electron chi connectivity index (χ2n) is 6.73. The van der Waals surface area contributed by atoms with E-state index >= 15 is 0 Å². The van der Waals surface area contributed by atoms with Gasteiger partial charge in [-0.1, -0.05) is 30.8 Å². The van der Waals surface area contributed by atoms with E-state index in [-0.39, 0.29) is 17.2 Å². The Labute approximate surface area is 164 Å². The van der Waals surface area contributed by atoms with E-state index in [4.69, 9.17) is 0 Å². The van der Waals surface area contributed by atoms with Gasteiger partial charge in [-0.05, 0) is 30.7 Å². The van der Waals surface area contributed by atoms with Gasteiger partial charge in [0.15, 0.2) is 5.78 Å². The lowest BCUT2D eigenvalue weighted by atomic mass is 9.89. The molecule has 0 N–H and O–H groups in total. The van der Waals surface area contributed by atoms with E-state index in [1.54, 1.807) is 23.7 Å². The summed E-state index contributed by atoms with van der Waals surface area (Å²) < 4.78 is 0. The van der Waals surface area contributed by atoms with Crippen LogP contribution in [0.25, 0.3) is 10.2 Å². The van der Waals surface area contributed by atoms with Crippen LogP contribution in [-0.2, 0) is 12.8 Å². The second kappa shape index (κ2) is 7.36. The summed E-state index contributed by atoms with van der Waals surface area (Å²) in [6.07, 6.45) is 4.81. The highest BCUT2D eigenvalue weighted by atomic mass is 32.2. The summed E-state index contributed by atoms with van der Waals surface area (Å²) >= 11 is 3.11. The van der Waals surface area contributed by atoms with Crippen molar-refractivity contribution in [2.24, 2.45) is 5.92 Å². The zero-order chi connectivity index (χ0) is 19.0. The molecule has 1 aliphatic rings. The first-order chi connectivity index (χ1) is 13.0. The van der Waals surface area contributed by atoms with Crippen LogP contribution < -0.4 is 0 Å². The molecule has 0 spiro atoms. The normalized spacial score (nSPS) is 16.3. The van der Waals surface area contributed by atoms with Crippen molar-refractivity contribution in [3.8, 4) is 0 Å². The molecule has 0 bridgehead atoms. The van der Waals surface area contributed by atoms with Crippen LogP contribution in [-0.4, -0.2) is 26.4 Å². The molecule has 0 saturated heterocycles. The van der Waals surface area contributed by atoms with Gasteiger partial charge in [-0.2, -0.15) is 0 Å². The van der Waals surface area contributed by atoms with Gasteiger partial charge in [0.05, 0.1) is 10.7 Å². The summed E-state index contributed by atoms with van der Waals surface area (Å²) in [7, 11) is 0. The molecule has 1 unspecified atom stereocenters. The highest BCUT2D eigenvalue weighted by Crippen LogP contribution is 2.40. The van der Waals surface area contributed by atoms with Crippen LogP contribution in [0.3, 0.4) is 0 Å². The molecule has 4 rings (SSSR count). The van der Waals surface area contributed by atoms with E-state index in [1.807, 2.05) is 0 Å². The third-order valence-corrected chi connectivity index (χ3v) is 6.93. The number of hydrogen-bond donors (Lipinski definition) is 0. The number of non-ortho nitro benzene ring substituents is 1. The van der Waals surface area contributed by atoms with Gasteiger partial charge >= 0.3 is 0 Å². The van der Waals surface area contributed by atoms with Crippen LogP contribution in [0.4, 0.5) is 5.69 Å². The Kier molecular flexibility index (Phi) is 4.92. The summed E-state index contributed by atoms with van der Waals surface area (Å²) in [5, 5.41) is 12.8. The zero-order valence-corrected chi connectivity index (χ0v) is 16.3. The third-order valence-electron chi connectivity index (χ3n) is 4.78. The minimum Gasteiger partial charge on any atom is -0.293 e. The van der Waals surface area contributed by atoms with E-state index in [9.17, 15) is 14.9 Å². The zero-order valence-electron chi connectivity index (χ0n) is 14.7. The maximum atomic E-state index is 12.5. The fraction of sp³-hybridized carbons (Fsp3) is 0.316. The van der Waals surface area contributed by atoms with Gasteiger partial charge in [0, 0.05) is 28.0 Å². The molecule has 8 heteroatoms. The largest absolute Gasteiger partial charge is 0.293 e. The molecule has 3 aromatic rings. The Bertz CT molecular complexity index is 1050. The number of rotatable bonds is 5. The lowest BCUT2D eigenvalue weighted by molar-refractivity contribution is -0.384. The third kappa shape index (κ3) is 3.59. The predicted molar refractivity (Wildman–Crippen MR) is 107 cm³/mol. The highest BCUT2D eigenvalue weighted by Gasteiger charge is 2.23. The van der Waals surface area contributed by atoms with Crippen LogP contribution >= 0.6 is 23.1 Å². The van der Waals surface area contributed by atoms with Crippen LogP contribution in [0, 0.1) is 16.0 Å². The number of aromatic nitrogens is 2. The van der Waals surface area contributed by atoms with Crippen molar-refractivity contribution in [2.75, 3.05) is 5.75 Å². The second-order valence-corrected chi connectivity index (χ2v) is 8.78. The Morgan fingerprint density at radius 2 is 2.26 bits per heavy atom. The number of thioether (sulfide) groups is 1. The molecule has 0 amide bonds. The molecule has 2 aromatic heterocycles. The van der Waals surface area contributed by atoms with Gasteiger partial charge in [-0.3, -0.25) is 14.9 Å². The van der Waals surface area contributed by atoms with E-state index in [0.29, 0.717) is 11.5 Å². The van der Waals surface area contributed by atoms with Crippen molar-refractivity contribution in [2.45, 2.75) is 31.2 Å². The van der Waals surface area contributed by atoms with Crippen molar-refractivity contribution in [1.82, 2.24) is 9.97 Å². The van der Waals surface area contributed by atoms with Crippen molar-refractivity contribution < 1.29 is 9.72 Å². The number of fused-ring (bicyclic) bond motifs is 3. The number of nitrogens with zero attached hydrogens (tertiary/aromatic N) is 3. The number of nitro benzene ring substituents is 1. The molecule has 1 aromatic carbocycles. The van der Waals surface area contributed by atoms with Gasteiger partial charge in [-0.15, -0.1) is 11.3 Å². The molecule has 0 aliphatic heterocycles. The predicted octanol–water partition coefficient (Wildman–Crippen LogP) is 4.70. The Morgan fingerprint density at radius 1 is 1.41 bits per heavy atom. The number of thiophene rings is 1. The van der Waals surface area contributed by atoms with E-state index in [2.05, 4.69) is 16.9 Å². The summed E-state index contributed by atoms with van der Waals surface area (Å²) in [6, 6.07) is 5.86. The summed E-state index contributed by atoms with van der Waals surface area (Å²) in [5.41, 5.74) is 1.61. The first kappa shape index (κ1) is 18.1. The molecule has 138 valence electrons. The first-order valence-electron chi connectivity index (χ1n) is 8.68. The fourth-order valence-electron chi connectivity index (χ4n) is 3.37. The van der Waals surface area contributed by atoms with Gasteiger partial charge < -0.3 is 0 Å². The van der Waals surface area contributed by atoms with E-state index in [0.717, 1.165) is 34.5 Å². The van der Waals surface area contributed by atoms with Crippen LogP contribution in [0.1, 0.15) is 34.1 Å². The van der Waals surface area contributed by atoms with Crippen LogP contribution in [0.5, 0.6) is 0 Å². The minimum absolute atomic E-state index is 0.0729. The summed E-state index contributed by atoms with van der Waals surface area (Å²) in [4.78, 5) is 34.1. The number of nitro groups is 1. The Balaban J connectivity index is 1.58. The molecular weight excluding hydrogens is 382 g/mol. The number of benzene rings is 1. The Hall–Kier alpha value is -2.32. The Morgan fingerprint density at radius 3 is 3.07 bits per heavy atom. The van der Waals surface area contributed by atoms with Crippen molar-refractivity contribution in [1.29, 1.82) is 0 Å². The highest BCUT2D eigenvalue weighted by molar-refractivity contribution is 8.00. The minimum atomic E-state index is -0.490. The topological polar surface area (TPSA) is 86.0 Å². The molecule has 0 fully saturated rings. The van der Waals surface area contributed by atoms with Gasteiger partial charge in [0.25, 0.3) is 5.69 Å². The maximum absolute atomic E-state index is 12.5. The first-order valence-corrected chi connectivity index (χ1v) is 10.5. The lowest BCUT2D eigenvalue weighted by Gasteiger charge is -2.18. The number of Topliss-reactive ketones (excluding diaryl/α,β-unsaturated/α-hetero) is 1. The molecule has 2 heterocycles. The molecule has 1 aliphatic carbocycles. The molecule has 1 atom stereocenters. The molecule has 0 radical (unpaired) electrons. The summed E-state index contributed by atoms with van der Waals surface area (Å²) in [5.74, 6) is 0.729. The standard InChI is InChI=1S/C19H17N3O3S2/c1-11-5-6-14-16(7-11)27-19-17(14)18(20-10-21-19)26-9-15(23)12-3-2-4-13(8-12)22(24)25/h2-4,8,10-11H,5-7,9H2,1H3. The molecule has 0 saturated carbocycles. The van der Waals surface area contributed by atoms with Gasteiger partial charge in [0.1, 0.15) is 16.2 Å². The van der Waals surface area contributed by atoms with Crippen LogP contribution in [0.15, 0.2) is 35.6 Å². The van der Waals surface area contributed by atoms with Crippen molar-refractivity contribution >= 4 is 44.8 Å². The van der Waals surface area contributed by atoms with E-state index < -0.39 is 4.92 Å². The smallest absolute Gasteiger partial charge is 0.270 e. The van der Waals surface area contributed by atoms with Crippen LogP contribution in [0.2, 0.25) is 0 Å².